The van der Waals surface area contributed by atoms with Gasteiger partial charge in [-0.1, -0.05) is 43.5 Å². The molecule has 1 saturated heterocycles. The number of carbonyl (C=O) groups is 1. The summed E-state index contributed by atoms with van der Waals surface area (Å²) < 4.78 is 5.85. The fraction of sp³-hybridized carbons (Fsp3) is 0.500. The number of benzene rings is 1. The minimum atomic E-state index is 0.237. The summed E-state index contributed by atoms with van der Waals surface area (Å²) in [5.41, 5.74) is 15.6. The number of piperazine rings is 1. The van der Waals surface area contributed by atoms with E-state index in [9.17, 15) is 4.79 Å². The third kappa shape index (κ3) is 8.54. The van der Waals surface area contributed by atoms with Crippen LogP contribution < -0.4 is 26.4 Å². The van der Waals surface area contributed by atoms with Crippen LogP contribution in [-0.4, -0.2) is 65.0 Å². The van der Waals surface area contributed by atoms with Gasteiger partial charge in [-0.05, 0) is 79.8 Å². The molecule has 2 bridgehead atoms. The zero-order valence-electron chi connectivity index (χ0n) is 26.8. The van der Waals surface area contributed by atoms with E-state index < -0.39 is 0 Å². The number of carbonyl (C=O) groups excluding carboxylic acids is 1. The summed E-state index contributed by atoms with van der Waals surface area (Å²) in [5.74, 6) is 3.37. The molecule has 3 aliphatic rings. The number of aromatic nitrogens is 3. The molecular weight excluding hydrogens is 576 g/mol. The monoisotopic (exact) mass is 624 g/mol. The SMILES string of the molecule is Nc1cc(COc2nc(-c3ccc(N4CCN(CCCCCCCC(=O)NCC5CC6C=CC5C6)CC4)cc3)cnc2N)ccn1. The Hall–Kier alpha value is -4.18. The van der Waals surface area contributed by atoms with Crippen LogP contribution in [0.25, 0.3) is 11.3 Å². The standard InChI is InChI=1S/C36H48N8O2/c37-33-22-27(13-14-39-33)25-46-36-35(38)41-24-32(42-36)28-9-11-31(12-10-28)44-18-16-43(17-19-44)15-5-3-1-2-4-6-34(45)40-23-30-21-26-7-8-29(30)20-26/h7-14,22,24,26,29-30H,1-6,15-21,23,25H2,(H2,37,39)(H2,38,41)(H,40,45). The van der Waals surface area contributed by atoms with E-state index in [0.29, 0.717) is 35.6 Å². The van der Waals surface area contributed by atoms with Crippen molar-refractivity contribution in [1.29, 1.82) is 0 Å². The van der Waals surface area contributed by atoms with Crippen molar-refractivity contribution in [2.75, 3.05) is 55.6 Å². The first kappa shape index (κ1) is 31.8. The predicted octanol–water partition coefficient (Wildman–Crippen LogP) is 5.07. The van der Waals surface area contributed by atoms with Gasteiger partial charge in [0.25, 0.3) is 5.88 Å². The molecule has 1 aliphatic heterocycles. The van der Waals surface area contributed by atoms with Gasteiger partial charge in [-0.15, -0.1) is 0 Å². The van der Waals surface area contributed by atoms with Crippen LogP contribution in [0.4, 0.5) is 17.3 Å². The number of nitrogens with one attached hydrogen (secondary N) is 1. The molecule has 10 nitrogen and oxygen atoms in total. The van der Waals surface area contributed by atoms with Gasteiger partial charge in [-0.2, -0.15) is 0 Å². The van der Waals surface area contributed by atoms with E-state index in [1.807, 2.05) is 6.07 Å². The molecule has 3 aromatic rings. The van der Waals surface area contributed by atoms with Crippen LogP contribution in [-0.2, 0) is 11.4 Å². The van der Waals surface area contributed by atoms with Gasteiger partial charge in [-0.3, -0.25) is 9.69 Å². The molecule has 0 radical (unpaired) electrons. The average molecular weight is 625 g/mol. The molecule has 5 N–H and O–H groups in total. The molecule has 3 atom stereocenters. The number of amides is 1. The summed E-state index contributed by atoms with van der Waals surface area (Å²) >= 11 is 0. The number of ether oxygens (including phenoxy) is 1. The number of anilines is 3. The van der Waals surface area contributed by atoms with Gasteiger partial charge in [-0.25, -0.2) is 15.0 Å². The maximum absolute atomic E-state index is 12.2. The zero-order chi connectivity index (χ0) is 31.7. The average Bonchev–Trinajstić information content (AvgIpc) is 3.71. The number of pyridine rings is 1. The summed E-state index contributed by atoms with van der Waals surface area (Å²) in [6.45, 7) is 6.49. The second-order valence-corrected chi connectivity index (χ2v) is 13.1. The van der Waals surface area contributed by atoms with Crippen LogP contribution in [0.15, 0.2) is 60.9 Å². The summed E-state index contributed by atoms with van der Waals surface area (Å²) in [6.07, 6.45) is 17.1. The van der Waals surface area contributed by atoms with Gasteiger partial charge in [0.05, 0.1) is 11.9 Å². The van der Waals surface area contributed by atoms with Crippen molar-refractivity contribution in [1.82, 2.24) is 25.2 Å². The van der Waals surface area contributed by atoms with E-state index in [-0.39, 0.29) is 18.3 Å². The highest BCUT2D eigenvalue weighted by molar-refractivity contribution is 5.75. The first-order valence-corrected chi connectivity index (χ1v) is 17.0. The molecular formula is C36H48N8O2. The Morgan fingerprint density at radius 1 is 0.935 bits per heavy atom. The lowest BCUT2D eigenvalue weighted by Gasteiger charge is -2.36. The number of rotatable bonds is 15. The van der Waals surface area contributed by atoms with Gasteiger partial charge < -0.3 is 26.4 Å². The third-order valence-electron chi connectivity index (χ3n) is 9.74. The van der Waals surface area contributed by atoms with Crippen LogP contribution in [0.2, 0.25) is 0 Å². The van der Waals surface area contributed by atoms with Crippen molar-refractivity contribution in [3.8, 4) is 17.1 Å². The number of hydrogen-bond donors (Lipinski definition) is 3. The smallest absolute Gasteiger partial charge is 0.258 e. The topological polar surface area (TPSA) is 136 Å². The van der Waals surface area contributed by atoms with Gasteiger partial charge in [0.2, 0.25) is 5.91 Å². The summed E-state index contributed by atoms with van der Waals surface area (Å²) in [6, 6.07) is 12.1. The normalized spacial score (nSPS) is 20.7. The Kier molecular flexibility index (Phi) is 10.6. The van der Waals surface area contributed by atoms with Crippen molar-refractivity contribution in [3.63, 3.8) is 0 Å². The molecule has 2 fully saturated rings. The number of allylic oxidation sites excluding steroid dienone is 2. The summed E-state index contributed by atoms with van der Waals surface area (Å²) in [4.78, 5) is 30.2. The van der Waals surface area contributed by atoms with Gasteiger partial charge in [0.1, 0.15) is 12.4 Å². The molecule has 46 heavy (non-hydrogen) atoms. The van der Waals surface area contributed by atoms with E-state index in [0.717, 1.165) is 69.2 Å². The Morgan fingerprint density at radius 2 is 1.74 bits per heavy atom. The van der Waals surface area contributed by atoms with Gasteiger partial charge >= 0.3 is 0 Å². The van der Waals surface area contributed by atoms with Crippen molar-refractivity contribution < 1.29 is 9.53 Å². The van der Waals surface area contributed by atoms with Crippen LogP contribution in [0.5, 0.6) is 5.88 Å². The molecule has 3 unspecified atom stereocenters. The van der Waals surface area contributed by atoms with E-state index >= 15 is 0 Å². The predicted molar refractivity (Wildman–Crippen MR) is 183 cm³/mol. The van der Waals surface area contributed by atoms with Gasteiger partial charge in [0, 0.05) is 56.6 Å². The highest BCUT2D eigenvalue weighted by atomic mass is 16.5. The van der Waals surface area contributed by atoms with Crippen molar-refractivity contribution in [2.24, 2.45) is 17.8 Å². The van der Waals surface area contributed by atoms with Crippen LogP contribution >= 0.6 is 0 Å². The van der Waals surface area contributed by atoms with Crippen LogP contribution in [0.3, 0.4) is 0 Å². The first-order chi connectivity index (χ1) is 22.5. The molecule has 3 heterocycles. The van der Waals surface area contributed by atoms with E-state index in [1.165, 1.54) is 37.8 Å². The summed E-state index contributed by atoms with van der Waals surface area (Å²) in [7, 11) is 0. The van der Waals surface area contributed by atoms with Crippen molar-refractivity contribution in [2.45, 2.75) is 58.0 Å². The largest absolute Gasteiger partial charge is 0.470 e. The Morgan fingerprint density at radius 3 is 2.50 bits per heavy atom. The Balaban J connectivity index is 0.849. The number of unbranched alkanes of at least 4 members (excludes halogenated alkanes) is 4. The maximum atomic E-state index is 12.2. The molecule has 2 aliphatic carbocycles. The van der Waals surface area contributed by atoms with E-state index in [1.54, 1.807) is 18.5 Å². The van der Waals surface area contributed by atoms with Crippen LogP contribution in [0, 0.1) is 17.8 Å². The third-order valence-corrected chi connectivity index (χ3v) is 9.74. The van der Waals surface area contributed by atoms with E-state index in [4.69, 9.17) is 16.2 Å². The zero-order valence-corrected chi connectivity index (χ0v) is 26.8. The molecule has 1 saturated carbocycles. The number of nitrogens with zero attached hydrogens (tertiary/aromatic N) is 5. The molecule has 6 rings (SSSR count). The molecule has 2 aromatic heterocycles. The number of fused-ring (bicyclic) bond motifs is 2. The maximum Gasteiger partial charge on any atom is 0.258 e. The van der Waals surface area contributed by atoms with Crippen molar-refractivity contribution >= 4 is 23.2 Å². The number of nitrogen functional groups attached to an aromatic ring is 2. The number of nitrogens with two attached hydrogens (primary N) is 2. The summed E-state index contributed by atoms with van der Waals surface area (Å²) in [5, 5.41) is 3.19. The molecule has 0 spiro atoms. The fourth-order valence-electron chi connectivity index (χ4n) is 7.05. The molecule has 10 heteroatoms. The quantitative estimate of drug-likeness (QED) is 0.156. The lowest BCUT2D eigenvalue weighted by atomic mass is 9.93. The molecule has 1 amide bonds. The van der Waals surface area contributed by atoms with Crippen LogP contribution in [0.1, 0.15) is 56.9 Å². The molecule has 244 valence electrons. The minimum Gasteiger partial charge on any atom is -0.470 e. The fourth-order valence-corrected chi connectivity index (χ4v) is 7.05. The Bertz CT molecular complexity index is 1470. The molecule has 1 aromatic carbocycles. The highest BCUT2D eigenvalue weighted by Gasteiger charge is 2.35. The lowest BCUT2D eigenvalue weighted by molar-refractivity contribution is -0.121. The second-order valence-electron chi connectivity index (χ2n) is 13.1. The lowest BCUT2D eigenvalue weighted by Crippen LogP contribution is -2.46. The second kappa shape index (κ2) is 15.4. The van der Waals surface area contributed by atoms with Crippen molar-refractivity contribution in [3.05, 3.63) is 66.5 Å². The Labute approximate surface area is 272 Å². The first-order valence-electron chi connectivity index (χ1n) is 17.0. The van der Waals surface area contributed by atoms with Gasteiger partial charge in [0.15, 0.2) is 5.82 Å². The number of hydrogen-bond acceptors (Lipinski definition) is 9. The minimum absolute atomic E-state index is 0.237. The van der Waals surface area contributed by atoms with E-state index in [2.05, 4.69) is 66.5 Å². The highest BCUT2D eigenvalue weighted by Crippen LogP contribution is 2.43.